The summed E-state index contributed by atoms with van der Waals surface area (Å²) >= 11 is 12.3. The zero-order valence-electron chi connectivity index (χ0n) is 16.9. The van der Waals surface area contributed by atoms with E-state index in [1.807, 2.05) is 11.8 Å². The highest BCUT2D eigenvalue weighted by atomic mass is 35.5. The van der Waals surface area contributed by atoms with E-state index >= 15 is 0 Å². The van der Waals surface area contributed by atoms with Crippen molar-refractivity contribution in [2.75, 3.05) is 24.5 Å². The molecule has 0 N–H and O–H groups in total. The van der Waals surface area contributed by atoms with Gasteiger partial charge in [0.05, 0.1) is 10.4 Å². The smallest absolute Gasteiger partial charge is 0.350 e. The van der Waals surface area contributed by atoms with Gasteiger partial charge in [0, 0.05) is 25.7 Å². The number of nitrogens with zero attached hydrogens (tertiary/aromatic N) is 5. The minimum atomic E-state index is -0.958. The summed E-state index contributed by atoms with van der Waals surface area (Å²) in [4.78, 5) is 36.7. The number of hydrogen-bond donors (Lipinski definition) is 0. The predicted octanol–water partition coefficient (Wildman–Crippen LogP) is 3.59. The summed E-state index contributed by atoms with van der Waals surface area (Å²) in [7, 11) is 0. The first-order valence-corrected chi connectivity index (χ1v) is 10.4. The van der Waals surface area contributed by atoms with Gasteiger partial charge in [-0.2, -0.15) is 4.98 Å². The summed E-state index contributed by atoms with van der Waals surface area (Å²) in [6, 6.07) is 4.47. The monoisotopic (exact) mass is 479 g/mol. The molecule has 7 nitrogen and oxygen atoms in total. The second-order valence-electron chi connectivity index (χ2n) is 7.29. The van der Waals surface area contributed by atoms with Crippen molar-refractivity contribution in [2.24, 2.45) is 0 Å². The average molecular weight is 480 g/mol. The molecule has 166 valence electrons. The van der Waals surface area contributed by atoms with Gasteiger partial charge in [-0.3, -0.25) is 4.79 Å². The lowest BCUT2D eigenvalue weighted by atomic mass is 10.1. The number of aromatic nitrogens is 3. The van der Waals surface area contributed by atoms with E-state index < -0.39 is 23.0 Å². The molecule has 0 bridgehead atoms. The van der Waals surface area contributed by atoms with Gasteiger partial charge in [0.2, 0.25) is 5.91 Å². The second-order valence-corrected chi connectivity index (χ2v) is 8.05. The van der Waals surface area contributed by atoms with Crippen LogP contribution in [0.15, 0.2) is 41.7 Å². The molecule has 11 heteroatoms. The van der Waals surface area contributed by atoms with Gasteiger partial charge in [-0.05, 0) is 31.2 Å². The molecule has 1 aromatic carbocycles. The molecule has 0 radical (unpaired) electrons. The van der Waals surface area contributed by atoms with Gasteiger partial charge in [-0.1, -0.05) is 35.8 Å². The molecule has 0 unspecified atom stereocenters. The van der Waals surface area contributed by atoms with Gasteiger partial charge in [-0.15, -0.1) is 0 Å². The van der Waals surface area contributed by atoms with E-state index in [0.717, 1.165) is 16.7 Å². The van der Waals surface area contributed by atoms with Crippen LogP contribution in [0.1, 0.15) is 6.92 Å². The minimum absolute atomic E-state index is 0.0878. The maximum absolute atomic E-state index is 14.5. The topological polar surface area (TPSA) is 71.3 Å². The Kier molecular flexibility index (Phi) is 5.87. The van der Waals surface area contributed by atoms with Crippen LogP contribution in [0.2, 0.25) is 10.2 Å². The third kappa shape index (κ3) is 3.71. The van der Waals surface area contributed by atoms with Crippen molar-refractivity contribution in [3.8, 4) is 5.69 Å². The summed E-state index contributed by atoms with van der Waals surface area (Å²) in [6.07, 6.45) is 1.24. The molecule has 3 aromatic rings. The Morgan fingerprint density at radius 1 is 1.22 bits per heavy atom. The molecule has 3 heterocycles. The fourth-order valence-electron chi connectivity index (χ4n) is 3.81. The number of anilines is 1. The van der Waals surface area contributed by atoms with Crippen molar-refractivity contribution >= 4 is 46.0 Å². The van der Waals surface area contributed by atoms with Crippen LogP contribution in [0.4, 0.5) is 14.6 Å². The van der Waals surface area contributed by atoms with Crippen molar-refractivity contribution in [1.82, 2.24) is 19.4 Å². The average Bonchev–Trinajstić information content (AvgIpc) is 2.75. The maximum atomic E-state index is 14.5. The van der Waals surface area contributed by atoms with Crippen molar-refractivity contribution in [3.05, 3.63) is 69.2 Å². The number of piperazine rings is 1. The van der Waals surface area contributed by atoms with Crippen LogP contribution >= 0.6 is 23.2 Å². The first kappa shape index (κ1) is 22.2. The molecule has 2 aromatic heterocycles. The molecule has 1 amide bonds. The van der Waals surface area contributed by atoms with Gasteiger partial charge in [0.1, 0.15) is 28.3 Å². The third-order valence-corrected chi connectivity index (χ3v) is 5.98. The number of benzene rings is 1. The van der Waals surface area contributed by atoms with E-state index in [0.29, 0.717) is 19.6 Å². The highest BCUT2D eigenvalue weighted by Gasteiger charge is 2.30. The van der Waals surface area contributed by atoms with E-state index in [4.69, 9.17) is 23.2 Å². The molecule has 1 fully saturated rings. The number of fused-ring (bicyclic) bond motifs is 1. The van der Waals surface area contributed by atoms with Crippen molar-refractivity contribution in [3.63, 3.8) is 0 Å². The molecule has 1 atom stereocenters. The fraction of sp³-hybridized carbons (Fsp3) is 0.238. The normalized spacial score (nSPS) is 16.5. The van der Waals surface area contributed by atoms with Crippen LogP contribution in [0.3, 0.4) is 0 Å². The molecular formula is C21H17Cl2F2N5O2. The van der Waals surface area contributed by atoms with Crippen LogP contribution < -0.4 is 10.6 Å². The van der Waals surface area contributed by atoms with Crippen LogP contribution in [-0.2, 0) is 4.79 Å². The van der Waals surface area contributed by atoms with E-state index in [1.165, 1.54) is 18.2 Å². The molecular weight excluding hydrogens is 463 g/mol. The minimum Gasteiger partial charge on any atom is -0.350 e. The quantitative estimate of drug-likeness (QED) is 0.424. The Bertz CT molecular complexity index is 1290. The number of carbonyl (C=O) groups excluding carboxylic acids is 1. The highest BCUT2D eigenvalue weighted by molar-refractivity contribution is 6.41. The number of rotatable bonds is 3. The standard InChI is InChI=1S/C21H17Cl2F2N5O2/c1-3-16(31)28-7-8-29(11(2)10-28)19-12-9-13(22)18(23)26-20(12)30(21(32)27-19)17-14(24)5-4-6-15(17)25/h3-6,9,11H,1,7-8,10H2,2H3/t11-/m0/s1. The molecule has 1 aliphatic heterocycles. The van der Waals surface area contributed by atoms with Crippen LogP contribution in [-0.4, -0.2) is 51.0 Å². The van der Waals surface area contributed by atoms with Crippen LogP contribution in [0.5, 0.6) is 0 Å². The molecule has 1 saturated heterocycles. The highest BCUT2D eigenvalue weighted by Crippen LogP contribution is 2.32. The number of pyridine rings is 1. The Balaban J connectivity index is 1.94. The Morgan fingerprint density at radius 2 is 1.91 bits per heavy atom. The number of amides is 1. The van der Waals surface area contributed by atoms with E-state index in [-0.39, 0.29) is 39.0 Å². The van der Waals surface area contributed by atoms with Gasteiger partial charge >= 0.3 is 5.69 Å². The Morgan fingerprint density at radius 3 is 2.53 bits per heavy atom. The number of halogens is 4. The maximum Gasteiger partial charge on any atom is 0.356 e. The predicted molar refractivity (Wildman–Crippen MR) is 119 cm³/mol. The Labute approximate surface area is 191 Å². The lowest BCUT2D eigenvalue weighted by Gasteiger charge is -2.40. The summed E-state index contributed by atoms with van der Waals surface area (Å²) < 4.78 is 29.8. The summed E-state index contributed by atoms with van der Waals surface area (Å²) in [5, 5.41) is 0.252. The van der Waals surface area contributed by atoms with Gasteiger partial charge in [0.25, 0.3) is 0 Å². The Hall–Kier alpha value is -3.04. The largest absolute Gasteiger partial charge is 0.356 e. The van der Waals surface area contributed by atoms with Crippen LogP contribution in [0.25, 0.3) is 16.7 Å². The van der Waals surface area contributed by atoms with E-state index in [2.05, 4.69) is 16.5 Å². The molecule has 0 aliphatic carbocycles. The van der Waals surface area contributed by atoms with Crippen molar-refractivity contribution in [1.29, 1.82) is 0 Å². The van der Waals surface area contributed by atoms with Crippen molar-refractivity contribution in [2.45, 2.75) is 13.0 Å². The number of para-hydroxylation sites is 1. The number of hydrogen-bond acceptors (Lipinski definition) is 5. The van der Waals surface area contributed by atoms with Gasteiger partial charge in [0.15, 0.2) is 5.65 Å². The summed E-state index contributed by atoms with van der Waals surface area (Å²) in [6.45, 7) is 6.47. The van der Waals surface area contributed by atoms with Gasteiger partial charge < -0.3 is 9.80 Å². The molecule has 0 saturated carbocycles. The molecule has 0 spiro atoms. The fourth-order valence-corrected chi connectivity index (χ4v) is 4.09. The molecule has 4 rings (SSSR count). The first-order valence-electron chi connectivity index (χ1n) is 9.64. The number of carbonyl (C=O) groups is 1. The van der Waals surface area contributed by atoms with Crippen molar-refractivity contribution < 1.29 is 13.6 Å². The zero-order chi connectivity index (χ0) is 23.2. The van der Waals surface area contributed by atoms with E-state index in [9.17, 15) is 18.4 Å². The summed E-state index contributed by atoms with van der Waals surface area (Å²) in [5.74, 6) is -1.87. The first-order chi connectivity index (χ1) is 15.2. The summed E-state index contributed by atoms with van der Waals surface area (Å²) in [5.41, 5.74) is -1.63. The lowest BCUT2D eigenvalue weighted by molar-refractivity contribution is -0.126. The SMILES string of the molecule is C=CC(=O)N1CCN(c2nc(=O)n(-c3c(F)cccc3F)c3nc(Cl)c(Cl)cc23)[C@@H](C)C1. The third-order valence-electron chi connectivity index (χ3n) is 5.31. The second kappa shape index (κ2) is 8.48. The molecule has 32 heavy (non-hydrogen) atoms. The molecule has 1 aliphatic rings. The van der Waals surface area contributed by atoms with E-state index in [1.54, 1.807) is 4.90 Å². The zero-order valence-corrected chi connectivity index (χ0v) is 18.4. The van der Waals surface area contributed by atoms with Crippen LogP contribution in [0, 0.1) is 11.6 Å². The lowest BCUT2D eigenvalue weighted by Crippen LogP contribution is -2.54. The van der Waals surface area contributed by atoms with Gasteiger partial charge in [-0.25, -0.2) is 23.1 Å².